The molecule has 4 heteroatoms. The summed E-state index contributed by atoms with van der Waals surface area (Å²) in [6.07, 6.45) is 9.64. The zero-order chi connectivity index (χ0) is 13.8. The fraction of sp³-hybridized carbons (Fsp3) is 0.750. The van der Waals surface area contributed by atoms with Gasteiger partial charge in [-0.25, -0.2) is 0 Å². The minimum absolute atomic E-state index is 0.681. The normalized spacial score (nSPS) is 31.4. The van der Waals surface area contributed by atoms with Crippen LogP contribution in [0.1, 0.15) is 49.8 Å². The Morgan fingerprint density at radius 2 is 2.00 bits per heavy atom. The maximum Gasteiger partial charge on any atom is 0.0931 e. The Hall–Kier alpha value is -0.0900. The average Bonchev–Trinajstić information content (AvgIpc) is 2.92. The van der Waals surface area contributed by atoms with Crippen LogP contribution in [0.4, 0.5) is 0 Å². The summed E-state index contributed by atoms with van der Waals surface area (Å²) in [5, 5.41) is 7.57. The van der Waals surface area contributed by atoms with Gasteiger partial charge in [-0.2, -0.15) is 0 Å². The fourth-order valence-electron chi connectivity index (χ4n) is 3.82. The molecule has 2 fully saturated rings. The molecule has 1 aliphatic heterocycles. The van der Waals surface area contributed by atoms with E-state index in [2.05, 4.69) is 16.7 Å². The summed E-state index contributed by atoms with van der Waals surface area (Å²) >= 11 is 7.71. The molecule has 112 valence electrons. The van der Waals surface area contributed by atoms with Crippen LogP contribution < -0.4 is 10.6 Å². The Bertz CT molecular complexity index is 414. The van der Waals surface area contributed by atoms with Gasteiger partial charge in [-0.1, -0.05) is 30.9 Å². The van der Waals surface area contributed by atoms with Crippen LogP contribution in [0.2, 0.25) is 4.34 Å². The van der Waals surface area contributed by atoms with Crippen molar-refractivity contribution in [2.75, 3.05) is 6.54 Å². The van der Waals surface area contributed by atoms with Crippen LogP contribution in [-0.4, -0.2) is 18.6 Å². The third kappa shape index (κ3) is 3.76. The lowest BCUT2D eigenvalue weighted by Crippen LogP contribution is -2.50. The summed E-state index contributed by atoms with van der Waals surface area (Å²) in [6, 6.07) is 5.58. The Balaban J connectivity index is 1.57. The molecule has 2 aliphatic rings. The van der Waals surface area contributed by atoms with Crippen molar-refractivity contribution in [3.05, 3.63) is 21.3 Å². The van der Waals surface area contributed by atoms with Gasteiger partial charge in [0.25, 0.3) is 0 Å². The van der Waals surface area contributed by atoms with Gasteiger partial charge >= 0.3 is 0 Å². The van der Waals surface area contributed by atoms with Gasteiger partial charge in [-0.05, 0) is 50.3 Å². The lowest BCUT2D eigenvalue weighted by Gasteiger charge is -2.40. The Labute approximate surface area is 131 Å². The van der Waals surface area contributed by atoms with Crippen LogP contribution in [0.3, 0.4) is 0 Å². The molecule has 3 rings (SSSR count). The molecular weight excluding hydrogens is 288 g/mol. The first-order valence-corrected chi connectivity index (χ1v) is 9.23. The van der Waals surface area contributed by atoms with E-state index < -0.39 is 0 Å². The maximum absolute atomic E-state index is 6.01. The molecule has 2 heterocycles. The quantitative estimate of drug-likeness (QED) is 0.871. The average molecular weight is 313 g/mol. The molecule has 1 aromatic rings. The van der Waals surface area contributed by atoms with Crippen LogP contribution in [0.15, 0.2) is 12.1 Å². The topological polar surface area (TPSA) is 24.1 Å². The van der Waals surface area contributed by atoms with Crippen LogP contribution in [-0.2, 0) is 6.54 Å². The van der Waals surface area contributed by atoms with Crippen molar-refractivity contribution in [2.45, 2.75) is 63.6 Å². The number of hydrogen-bond acceptors (Lipinski definition) is 3. The monoisotopic (exact) mass is 312 g/mol. The van der Waals surface area contributed by atoms with E-state index in [4.69, 9.17) is 11.6 Å². The first-order valence-electron chi connectivity index (χ1n) is 8.04. The van der Waals surface area contributed by atoms with Gasteiger partial charge in [0.05, 0.1) is 4.34 Å². The Morgan fingerprint density at radius 1 is 1.15 bits per heavy atom. The van der Waals surface area contributed by atoms with E-state index in [1.165, 1.54) is 56.4 Å². The SMILES string of the molecule is Clc1ccc(CNC2CCCCC2C2CCCCN2)s1. The summed E-state index contributed by atoms with van der Waals surface area (Å²) in [5.74, 6) is 0.819. The van der Waals surface area contributed by atoms with Gasteiger partial charge in [0.15, 0.2) is 0 Å². The molecule has 2 nitrogen and oxygen atoms in total. The molecule has 1 aliphatic carbocycles. The largest absolute Gasteiger partial charge is 0.314 e. The molecule has 20 heavy (non-hydrogen) atoms. The highest BCUT2D eigenvalue weighted by molar-refractivity contribution is 7.16. The molecule has 0 spiro atoms. The molecule has 0 radical (unpaired) electrons. The molecule has 3 atom stereocenters. The van der Waals surface area contributed by atoms with E-state index in [0.717, 1.165) is 22.8 Å². The highest BCUT2D eigenvalue weighted by Crippen LogP contribution is 2.31. The summed E-state index contributed by atoms with van der Waals surface area (Å²) in [6.45, 7) is 2.19. The van der Waals surface area contributed by atoms with E-state index in [9.17, 15) is 0 Å². The fourth-order valence-corrected chi connectivity index (χ4v) is 4.86. The number of piperidine rings is 1. The lowest BCUT2D eigenvalue weighted by atomic mass is 9.77. The molecule has 2 N–H and O–H groups in total. The minimum Gasteiger partial charge on any atom is -0.314 e. The van der Waals surface area contributed by atoms with Crippen LogP contribution in [0, 0.1) is 5.92 Å². The molecule has 1 aromatic heterocycles. The zero-order valence-corrected chi connectivity index (χ0v) is 13.6. The Kier molecular flexibility index (Phi) is 5.38. The van der Waals surface area contributed by atoms with Crippen LogP contribution in [0.5, 0.6) is 0 Å². The van der Waals surface area contributed by atoms with Gasteiger partial charge in [-0.3, -0.25) is 0 Å². The molecular formula is C16H25ClN2S. The van der Waals surface area contributed by atoms with E-state index in [0.29, 0.717) is 6.04 Å². The van der Waals surface area contributed by atoms with Crippen molar-refractivity contribution in [1.29, 1.82) is 0 Å². The third-order valence-electron chi connectivity index (χ3n) is 4.85. The van der Waals surface area contributed by atoms with E-state index in [1.807, 2.05) is 6.07 Å². The van der Waals surface area contributed by atoms with Crippen LogP contribution in [0.25, 0.3) is 0 Å². The predicted molar refractivity (Wildman–Crippen MR) is 87.6 cm³/mol. The Morgan fingerprint density at radius 3 is 2.75 bits per heavy atom. The van der Waals surface area contributed by atoms with Gasteiger partial charge in [0.1, 0.15) is 0 Å². The molecule has 0 amide bonds. The van der Waals surface area contributed by atoms with E-state index in [-0.39, 0.29) is 0 Å². The second-order valence-electron chi connectivity index (χ2n) is 6.20. The first-order chi connectivity index (χ1) is 9.83. The molecule has 0 bridgehead atoms. The van der Waals surface area contributed by atoms with E-state index in [1.54, 1.807) is 11.3 Å². The first kappa shape index (κ1) is 14.8. The predicted octanol–water partition coefficient (Wildman–Crippen LogP) is 4.19. The smallest absolute Gasteiger partial charge is 0.0931 e. The summed E-state index contributed by atoms with van der Waals surface area (Å²) in [5.41, 5.74) is 0. The van der Waals surface area contributed by atoms with Crippen molar-refractivity contribution >= 4 is 22.9 Å². The van der Waals surface area contributed by atoms with Crippen molar-refractivity contribution in [1.82, 2.24) is 10.6 Å². The molecule has 1 saturated heterocycles. The maximum atomic E-state index is 6.01. The van der Waals surface area contributed by atoms with Gasteiger partial charge in [0.2, 0.25) is 0 Å². The summed E-state index contributed by atoms with van der Waals surface area (Å²) < 4.78 is 0.899. The molecule has 1 saturated carbocycles. The number of rotatable bonds is 4. The second-order valence-corrected chi connectivity index (χ2v) is 8.00. The van der Waals surface area contributed by atoms with Crippen molar-refractivity contribution in [2.24, 2.45) is 5.92 Å². The van der Waals surface area contributed by atoms with Crippen molar-refractivity contribution in [3.8, 4) is 0 Å². The van der Waals surface area contributed by atoms with Crippen molar-refractivity contribution in [3.63, 3.8) is 0 Å². The zero-order valence-electron chi connectivity index (χ0n) is 12.0. The number of hydrogen-bond donors (Lipinski definition) is 2. The minimum atomic E-state index is 0.681. The number of thiophene rings is 1. The molecule has 3 unspecified atom stereocenters. The second kappa shape index (κ2) is 7.26. The van der Waals surface area contributed by atoms with E-state index >= 15 is 0 Å². The number of halogens is 1. The van der Waals surface area contributed by atoms with Gasteiger partial charge in [-0.15, -0.1) is 11.3 Å². The highest BCUT2D eigenvalue weighted by atomic mass is 35.5. The lowest BCUT2D eigenvalue weighted by molar-refractivity contribution is 0.181. The third-order valence-corrected chi connectivity index (χ3v) is 6.08. The van der Waals surface area contributed by atoms with Gasteiger partial charge < -0.3 is 10.6 Å². The number of nitrogens with one attached hydrogen (secondary N) is 2. The molecule has 0 aromatic carbocycles. The highest BCUT2D eigenvalue weighted by Gasteiger charge is 2.32. The summed E-state index contributed by atoms with van der Waals surface area (Å²) in [4.78, 5) is 1.36. The summed E-state index contributed by atoms with van der Waals surface area (Å²) in [7, 11) is 0. The van der Waals surface area contributed by atoms with Crippen LogP contribution >= 0.6 is 22.9 Å². The van der Waals surface area contributed by atoms with Gasteiger partial charge in [0, 0.05) is 23.5 Å². The van der Waals surface area contributed by atoms with Crippen molar-refractivity contribution < 1.29 is 0 Å². The standard InChI is InChI=1S/C16H25ClN2S/c17-16-9-8-12(20-16)11-19-15-6-2-1-5-13(15)14-7-3-4-10-18-14/h8-9,13-15,18-19H,1-7,10-11H2.